The standard InChI is InChI=1S/C10H14N2/c1-8-6-10(8,11)7-9-4-2-3-5-12-9/h2-5,8H,6-7,11H2,1H3. The highest BCUT2D eigenvalue weighted by molar-refractivity contribution is 5.15. The molecule has 2 unspecified atom stereocenters. The van der Waals surface area contributed by atoms with Crippen LogP contribution in [0.25, 0.3) is 0 Å². The molecule has 2 heteroatoms. The molecule has 0 amide bonds. The first-order chi connectivity index (χ1) is 5.71. The highest BCUT2D eigenvalue weighted by Gasteiger charge is 2.47. The van der Waals surface area contributed by atoms with Crippen molar-refractivity contribution in [2.24, 2.45) is 11.7 Å². The van der Waals surface area contributed by atoms with Crippen LogP contribution in [0.15, 0.2) is 24.4 Å². The molecule has 0 aromatic carbocycles. The van der Waals surface area contributed by atoms with Crippen molar-refractivity contribution in [2.75, 3.05) is 0 Å². The maximum atomic E-state index is 6.08. The van der Waals surface area contributed by atoms with Crippen molar-refractivity contribution in [3.63, 3.8) is 0 Å². The molecule has 2 nitrogen and oxygen atoms in total. The van der Waals surface area contributed by atoms with Crippen molar-refractivity contribution < 1.29 is 0 Å². The molecule has 0 saturated heterocycles. The summed E-state index contributed by atoms with van der Waals surface area (Å²) in [5.74, 6) is 0.666. The zero-order valence-corrected chi connectivity index (χ0v) is 7.33. The number of aromatic nitrogens is 1. The first-order valence-electron chi connectivity index (χ1n) is 4.39. The van der Waals surface area contributed by atoms with Crippen molar-refractivity contribution in [1.82, 2.24) is 4.98 Å². The average molecular weight is 162 g/mol. The van der Waals surface area contributed by atoms with E-state index in [4.69, 9.17) is 5.73 Å². The summed E-state index contributed by atoms with van der Waals surface area (Å²) < 4.78 is 0. The third kappa shape index (κ3) is 1.34. The molecule has 0 spiro atoms. The van der Waals surface area contributed by atoms with Gasteiger partial charge < -0.3 is 5.73 Å². The molecular formula is C10H14N2. The van der Waals surface area contributed by atoms with Gasteiger partial charge in [0.05, 0.1) is 0 Å². The SMILES string of the molecule is CC1CC1(N)Cc1ccccn1. The zero-order valence-electron chi connectivity index (χ0n) is 7.33. The Balaban J connectivity index is 2.06. The van der Waals surface area contributed by atoms with Gasteiger partial charge in [0, 0.05) is 23.9 Å². The van der Waals surface area contributed by atoms with Crippen molar-refractivity contribution >= 4 is 0 Å². The maximum absolute atomic E-state index is 6.08. The van der Waals surface area contributed by atoms with Gasteiger partial charge in [0.25, 0.3) is 0 Å². The van der Waals surface area contributed by atoms with Gasteiger partial charge >= 0.3 is 0 Å². The van der Waals surface area contributed by atoms with Gasteiger partial charge in [-0.05, 0) is 24.5 Å². The molecule has 1 aromatic heterocycles. The van der Waals surface area contributed by atoms with Crippen molar-refractivity contribution in [3.8, 4) is 0 Å². The summed E-state index contributed by atoms with van der Waals surface area (Å²) in [5, 5.41) is 0. The van der Waals surface area contributed by atoms with Crippen LogP contribution in [0.2, 0.25) is 0 Å². The summed E-state index contributed by atoms with van der Waals surface area (Å²) >= 11 is 0. The second-order valence-corrected chi connectivity index (χ2v) is 3.84. The van der Waals surface area contributed by atoms with Crippen molar-refractivity contribution in [2.45, 2.75) is 25.3 Å². The average Bonchev–Trinajstić information content (AvgIpc) is 2.61. The Morgan fingerprint density at radius 1 is 1.67 bits per heavy atom. The molecule has 0 bridgehead atoms. The lowest BCUT2D eigenvalue weighted by Crippen LogP contribution is -2.27. The van der Waals surface area contributed by atoms with Crippen molar-refractivity contribution in [3.05, 3.63) is 30.1 Å². The smallest absolute Gasteiger partial charge is 0.0422 e. The van der Waals surface area contributed by atoms with Crippen LogP contribution in [-0.2, 0) is 6.42 Å². The molecule has 1 aliphatic rings. The summed E-state index contributed by atoms with van der Waals surface area (Å²) in [4.78, 5) is 4.26. The van der Waals surface area contributed by atoms with E-state index in [1.54, 1.807) is 0 Å². The minimum Gasteiger partial charge on any atom is -0.324 e. The topological polar surface area (TPSA) is 38.9 Å². The second-order valence-electron chi connectivity index (χ2n) is 3.84. The molecule has 1 fully saturated rings. The maximum Gasteiger partial charge on any atom is 0.0422 e. The Morgan fingerprint density at radius 2 is 2.42 bits per heavy atom. The summed E-state index contributed by atoms with van der Waals surface area (Å²) in [5.41, 5.74) is 7.25. The molecule has 2 atom stereocenters. The summed E-state index contributed by atoms with van der Waals surface area (Å²) in [6.07, 6.45) is 3.89. The lowest BCUT2D eigenvalue weighted by atomic mass is 10.1. The molecule has 12 heavy (non-hydrogen) atoms. The largest absolute Gasteiger partial charge is 0.324 e. The minimum absolute atomic E-state index is 0.0500. The van der Waals surface area contributed by atoms with Gasteiger partial charge in [-0.2, -0.15) is 0 Å². The van der Waals surface area contributed by atoms with Crippen LogP contribution in [0.3, 0.4) is 0 Å². The van der Waals surface area contributed by atoms with Crippen LogP contribution >= 0.6 is 0 Å². The molecule has 2 N–H and O–H groups in total. The van der Waals surface area contributed by atoms with E-state index < -0.39 is 0 Å². The highest BCUT2D eigenvalue weighted by atomic mass is 14.9. The van der Waals surface area contributed by atoms with E-state index >= 15 is 0 Å². The predicted molar refractivity (Wildman–Crippen MR) is 48.6 cm³/mol. The van der Waals surface area contributed by atoms with E-state index in [2.05, 4.69) is 11.9 Å². The Morgan fingerprint density at radius 3 is 2.92 bits per heavy atom. The third-order valence-electron chi connectivity index (χ3n) is 2.74. The molecule has 1 heterocycles. The van der Waals surface area contributed by atoms with E-state index in [0.29, 0.717) is 5.92 Å². The van der Waals surface area contributed by atoms with Gasteiger partial charge in [-0.1, -0.05) is 13.0 Å². The molecule has 1 aliphatic carbocycles. The van der Waals surface area contributed by atoms with Crippen molar-refractivity contribution in [1.29, 1.82) is 0 Å². The Hall–Kier alpha value is -0.890. The minimum atomic E-state index is 0.0500. The Labute approximate surface area is 72.8 Å². The fraction of sp³-hybridized carbons (Fsp3) is 0.500. The van der Waals surface area contributed by atoms with Gasteiger partial charge in [-0.3, -0.25) is 4.98 Å². The van der Waals surface area contributed by atoms with Crippen LogP contribution in [0.4, 0.5) is 0 Å². The Bertz CT molecular complexity index is 270. The Kier molecular flexibility index (Phi) is 1.65. The van der Waals surface area contributed by atoms with Crippen LogP contribution < -0.4 is 5.73 Å². The molecule has 64 valence electrons. The molecule has 2 rings (SSSR count). The van der Waals surface area contributed by atoms with E-state index in [0.717, 1.165) is 18.5 Å². The predicted octanol–water partition coefficient (Wildman–Crippen LogP) is 1.36. The summed E-state index contributed by atoms with van der Waals surface area (Å²) in [6, 6.07) is 5.99. The van der Waals surface area contributed by atoms with Gasteiger partial charge in [0.15, 0.2) is 0 Å². The first-order valence-corrected chi connectivity index (χ1v) is 4.39. The van der Waals surface area contributed by atoms with Gasteiger partial charge in [0.1, 0.15) is 0 Å². The van der Waals surface area contributed by atoms with Crippen LogP contribution in [0, 0.1) is 5.92 Å². The lowest BCUT2D eigenvalue weighted by molar-refractivity contribution is 0.605. The zero-order chi connectivity index (χ0) is 8.60. The number of pyridine rings is 1. The number of hydrogen-bond acceptors (Lipinski definition) is 2. The molecular weight excluding hydrogens is 148 g/mol. The molecule has 0 radical (unpaired) electrons. The monoisotopic (exact) mass is 162 g/mol. The van der Waals surface area contributed by atoms with Gasteiger partial charge in [-0.15, -0.1) is 0 Å². The molecule has 1 aromatic rings. The number of nitrogens with two attached hydrogens (primary N) is 1. The van der Waals surface area contributed by atoms with Crippen LogP contribution in [-0.4, -0.2) is 10.5 Å². The highest BCUT2D eigenvalue weighted by Crippen LogP contribution is 2.42. The van der Waals surface area contributed by atoms with Crippen LogP contribution in [0.1, 0.15) is 19.0 Å². The summed E-state index contributed by atoms with van der Waals surface area (Å²) in [6.45, 7) is 2.20. The lowest BCUT2D eigenvalue weighted by Gasteiger charge is -2.08. The molecule has 0 aliphatic heterocycles. The molecule has 1 saturated carbocycles. The van der Waals surface area contributed by atoms with E-state index in [1.165, 1.54) is 0 Å². The second kappa shape index (κ2) is 2.56. The van der Waals surface area contributed by atoms with E-state index in [1.807, 2.05) is 24.4 Å². The fourth-order valence-corrected chi connectivity index (χ4v) is 1.60. The third-order valence-corrected chi connectivity index (χ3v) is 2.74. The van der Waals surface area contributed by atoms with Gasteiger partial charge in [-0.25, -0.2) is 0 Å². The summed E-state index contributed by atoms with van der Waals surface area (Å²) in [7, 11) is 0. The number of hydrogen-bond donors (Lipinski definition) is 1. The fourth-order valence-electron chi connectivity index (χ4n) is 1.60. The normalized spacial score (nSPS) is 33.3. The quantitative estimate of drug-likeness (QED) is 0.713. The number of rotatable bonds is 2. The number of nitrogens with zero attached hydrogens (tertiary/aromatic N) is 1. The van der Waals surface area contributed by atoms with E-state index in [-0.39, 0.29) is 5.54 Å². The van der Waals surface area contributed by atoms with Crippen LogP contribution in [0.5, 0.6) is 0 Å². The van der Waals surface area contributed by atoms with Gasteiger partial charge in [0.2, 0.25) is 0 Å². The van der Waals surface area contributed by atoms with E-state index in [9.17, 15) is 0 Å². The first kappa shape index (κ1) is 7.74.